The van der Waals surface area contributed by atoms with Crippen LogP contribution in [-0.4, -0.2) is 11.2 Å². The van der Waals surface area contributed by atoms with E-state index in [0.717, 1.165) is 23.4 Å². The summed E-state index contributed by atoms with van der Waals surface area (Å²) < 4.78 is 46.0. The number of benzene rings is 2. The van der Waals surface area contributed by atoms with Crippen LogP contribution in [0.3, 0.4) is 0 Å². The number of anilines is 1. The summed E-state index contributed by atoms with van der Waals surface area (Å²) in [6.07, 6.45) is -3.82. The number of fused-ring (bicyclic) bond motifs is 2. The number of alkyl halides is 3. The maximum Gasteiger partial charge on any atom is 0.416 e. The van der Waals surface area contributed by atoms with Gasteiger partial charge >= 0.3 is 6.18 Å². The van der Waals surface area contributed by atoms with Crippen molar-refractivity contribution in [1.82, 2.24) is 4.57 Å². The molecule has 1 aliphatic heterocycles. The highest BCUT2D eigenvalue weighted by molar-refractivity contribution is 5.91. The Morgan fingerprint density at radius 2 is 1.88 bits per heavy atom. The summed E-state index contributed by atoms with van der Waals surface area (Å²) in [5, 5.41) is 0.393. The topological polar surface area (TPSA) is 57.2 Å². The van der Waals surface area contributed by atoms with E-state index in [2.05, 4.69) is 0 Å². The number of hydrogen-bond acceptors (Lipinski definition) is 3. The van der Waals surface area contributed by atoms with Crippen LogP contribution < -0.4 is 16.0 Å². The van der Waals surface area contributed by atoms with Crippen molar-refractivity contribution in [1.29, 1.82) is 0 Å². The van der Waals surface area contributed by atoms with Gasteiger partial charge in [-0.3, -0.25) is 9.36 Å². The van der Waals surface area contributed by atoms with Gasteiger partial charge in [0.15, 0.2) is 0 Å². The van der Waals surface area contributed by atoms with Gasteiger partial charge in [-0.15, -0.1) is 0 Å². The van der Waals surface area contributed by atoms with Crippen LogP contribution in [0.1, 0.15) is 11.1 Å². The van der Waals surface area contributed by atoms with Crippen molar-refractivity contribution in [2.45, 2.75) is 12.6 Å². The van der Waals surface area contributed by atoms with Crippen LogP contribution in [0.4, 0.5) is 18.9 Å². The Morgan fingerprint density at radius 3 is 2.64 bits per heavy atom. The number of ether oxygens (including phenoxy) is 1. The maximum absolute atomic E-state index is 13.1. The Bertz CT molecular complexity index is 1050. The lowest BCUT2D eigenvalue weighted by Gasteiger charge is -2.15. The first kappa shape index (κ1) is 15.6. The number of halogens is 3. The van der Waals surface area contributed by atoms with Gasteiger partial charge in [0.1, 0.15) is 5.75 Å². The third-order valence-corrected chi connectivity index (χ3v) is 4.31. The molecule has 2 heterocycles. The molecule has 0 saturated heterocycles. The number of nitrogen functional groups attached to an aromatic ring is 1. The fourth-order valence-corrected chi connectivity index (χ4v) is 3.11. The fraction of sp³-hybridized carbons (Fsp3) is 0.167. The van der Waals surface area contributed by atoms with Gasteiger partial charge in [0.25, 0.3) is 5.56 Å². The molecule has 2 aromatic carbocycles. The molecule has 2 N–H and O–H groups in total. The monoisotopic (exact) mass is 346 g/mol. The number of pyridine rings is 1. The molecule has 7 heteroatoms. The molecule has 0 spiro atoms. The van der Waals surface area contributed by atoms with Crippen molar-refractivity contribution < 1.29 is 17.9 Å². The van der Waals surface area contributed by atoms with E-state index in [4.69, 9.17) is 10.5 Å². The first-order valence-corrected chi connectivity index (χ1v) is 7.63. The highest BCUT2D eigenvalue weighted by Gasteiger charge is 2.31. The van der Waals surface area contributed by atoms with Crippen LogP contribution >= 0.6 is 0 Å². The number of hydrogen-bond donors (Lipinski definition) is 1. The van der Waals surface area contributed by atoms with Crippen LogP contribution in [0.5, 0.6) is 5.75 Å². The van der Waals surface area contributed by atoms with E-state index >= 15 is 0 Å². The zero-order valence-corrected chi connectivity index (χ0v) is 12.9. The second-order valence-corrected chi connectivity index (χ2v) is 5.89. The van der Waals surface area contributed by atoms with E-state index in [-0.39, 0.29) is 11.2 Å². The molecule has 0 aliphatic carbocycles. The van der Waals surface area contributed by atoms with Gasteiger partial charge < -0.3 is 10.5 Å². The molecule has 1 aliphatic rings. The molecule has 4 rings (SSSR count). The minimum Gasteiger partial charge on any atom is -0.493 e. The third-order valence-electron chi connectivity index (χ3n) is 4.31. The van der Waals surface area contributed by atoms with E-state index < -0.39 is 17.3 Å². The SMILES string of the molecule is Nc1cc(=O)n(-c2ccc3c(c2)CCO3)c2cc(C(F)(F)F)ccc12. The molecule has 1 aromatic heterocycles. The van der Waals surface area contributed by atoms with E-state index in [9.17, 15) is 18.0 Å². The van der Waals surface area contributed by atoms with Gasteiger partial charge in [0.05, 0.1) is 17.7 Å². The molecule has 0 radical (unpaired) electrons. The molecule has 3 aromatic rings. The van der Waals surface area contributed by atoms with Crippen LogP contribution in [-0.2, 0) is 12.6 Å². The van der Waals surface area contributed by atoms with Gasteiger partial charge in [-0.05, 0) is 35.9 Å². The highest BCUT2D eigenvalue weighted by atomic mass is 19.4. The summed E-state index contributed by atoms with van der Waals surface area (Å²) in [7, 11) is 0. The van der Waals surface area contributed by atoms with Crippen LogP contribution in [0.2, 0.25) is 0 Å². The lowest BCUT2D eigenvalue weighted by atomic mass is 10.1. The number of nitrogens with zero attached hydrogens (tertiary/aromatic N) is 1. The molecule has 0 fully saturated rings. The normalized spacial score (nSPS) is 13.7. The quantitative estimate of drug-likeness (QED) is 0.733. The summed E-state index contributed by atoms with van der Waals surface area (Å²) >= 11 is 0. The Balaban J connectivity index is 2.04. The molecule has 25 heavy (non-hydrogen) atoms. The van der Waals surface area contributed by atoms with E-state index in [1.165, 1.54) is 16.7 Å². The van der Waals surface area contributed by atoms with Crippen molar-refractivity contribution in [2.24, 2.45) is 0 Å². The van der Waals surface area contributed by atoms with Crippen LogP contribution in [0, 0.1) is 0 Å². The lowest BCUT2D eigenvalue weighted by Crippen LogP contribution is -2.19. The average molecular weight is 346 g/mol. The fourth-order valence-electron chi connectivity index (χ4n) is 3.11. The molecule has 0 saturated carbocycles. The molecular weight excluding hydrogens is 333 g/mol. The second-order valence-electron chi connectivity index (χ2n) is 5.89. The van der Waals surface area contributed by atoms with Gasteiger partial charge in [-0.2, -0.15) is 13.2 Å². The van der Waals surface area contributed by atoms with Crippen molar-refractivity contribution in [3.8, 4) is 11.4 Å². The smallest absolute Gasteiger partial charge is 0.416 e. The maximum atomic E-state index is 13.1. The summed E-state index contributed by atoms with van der Waals surface area (Å²) in [4.78, 5) is 12.5. The van der Waals surface area contributed by atoms with Crippen molar-refractivity contribution in [3.63, 3.8) is 0 Å². The van der Waals surface area contributed by atoms with Crippen molar-refractivity contribution >= 4 is 16.6 Å². The molecular formula is C18H13F3N2O2. The molecule has 0 atom stereocenters. The zero-order chi connectivity index (χ0) is 17.8. The minimum atomic E-state index is -4.51. The predicted octanol–water partition coefficient (Wildman–Crippen LogP) is 3.53. The second kappa shape index (κ2) is 5.27. The Kier molecular flexibility index (Phi) is 3.28. The Hall–Kier alpha value is -2.96. The number of rotatable bonds is 1. The van der Waals surface area contributed by atoms with Crippen molar-refractivity contribution in [2.75, 3.05) is 12.3 Å². The summed E-state index contributed by atoms with van der Waals surface area (Å²) in [6, 6.07) is 9.57. The molecule has 0 unspecified atom stereocenters. The lowest BCUT2D eigenvalue weighted by molar-refractivity contribution is -0.137. The average Bonchev–Trinajstić information content (AvgIpc) is 3.01. The molecule has 0 bridgehead atoms. The minimum absolute atomic E-state index is 0.124. The number of aromatic nitrogens is 1. The van der Waals surface area contributed by atoms with E-state index in [1.54, 1.807) is 18.2 Å². The molecule has 0 amide bonds. The first-order valence-electron chi connectivity index (χ1n) is 7.63. The van der Waals surface area contributed by atoms with E-state index in [1.807, 2.05) is 0 Å². The highest BCUT2D eigenvalue weighted by Crippen LogP contribution is 2.34. The number of nitrogens with two attached hydrogens (primary N) is 1. The van der Waals surface area contributed by atoms with Crippen molar-refractivity contribution in [3.05, 3.63) is 63.9 Å². The Morgan fingerprint density at radius 1 is 1.08 bits per heavy atom. The van der Waals surface area contributed by atoms with Gasteiger partial charge in [-0.25, -0.2) is 0 Å². The Labute approximate surface area is 140 Å². The first-order chi connectivity index (χ1) is 11.8. The van der Waals surface area contributed by atoms with E-state index in [0.29, 0.717) is 24.1 Å². The largest absolute Gasteiger partial charge is 0.493 e. The zero-order valence-electron chi connectivity index (χ0n) is 12.9. The summed E-state index contributed by atoms with van der Waals surface area (Å²) in [5.74, 6) is 0.729. The molecule has 4 nitrogen and oxygen atoms in total. The van der Waals surface area contributed by atoms with Gasteiger partial charge in [-0.1, -0.05) is 6.07 Å². The van der Waals surface area contributed by atoms with Gasteiger partial charge in [0, 0.05) is 29.2 Å². The van der Waals surface area contributed by atoms with Crippen LogP contribution in [0.15, 0.2) is 47.3 Å². The predicted molar refractivity (Wildman–Crippen MR) is 88.2 cm³/mol. The van der Waals surface area contributed by atoms with Gasteiger partial charge in [0.2, 0.25) is 0 Å². The van der Waals surface area contributed by atoms with Crippen LogP contribution in [0.25, 0.3) is 16.6 Å². The summed E-state index contributed by atoms with van der Waals surface area (Å²) in [5.41, 5.74) is 6.20. The molecule has 128 valence electrons. The standard InChI is InChI=1S/C18H13F3N2O2/c19-18(20,21)11-1-3-13-14(22)9-17(24)23(15(13)8-11)12-2-4-16-10(7-12)5-6-25-16/h1-4,7-9H,5-6,22H2. The summed E-state index contributed by atoms with van der Waals surface area (Å²) in [6.45, 7) is 0.550. The third kappa shape index (κ3) is 2.52.